The van der Waals surface area contributed by atoms with Gasteiger partial charge >= 0.3 is 0 Å². The topological polar surface area (TPSA) is 50.4 Å². The highest BCUT2D eigenvalue weighted by atomic mass is 35.5. The molecule has 0 aliphatic heterocycles. The summed E-state index contributed by atoms with van der Waals surface area (Å²) in [4.78, 5) is 4.96. The Hall–Kier alpha value is -1.33. The van der Waals surface area contributed by atoms with Gasteiger partial charge in [0.2, 0.25) is 0 Å². The Morgan fingerprint density at radius 3 is 3.07 bits per heavy atom. The fourth-order valence-corrected chi connectivity index (χ4v) is 2.19. The number of thiazole rings is 1. The molecular weight excluding hydrogens is 234 g/mol. The van der Waals surface area contributed by atoms with E-state index in [4.69, 9.17) is 16.8 Å². The second-order valence-corrected chi connectivity index (χ2v) is 4.56. The largest absolute Gasteiger partial charge is 0.409 e. The zero-order chi connectivity index (χ0) is 10.7. The van der Waals surface area contributed by atoms with Gasteiger partial charge in [-0.05, 0) is 12.1 Å². The second-order valence-electron chi connectivity index (χ2n) is 2.87. The molecule has 0 saturated carbocycles. The van der Waals surface area contributed by atoms with Gasteiger partial charge in [0.05, 0.1) is 6.54 Å². The van der Waals surface area contributed by atoms with Gasteiger partial charge in [-0.2, -0.15) is 0 Å². The maximum Gasteiger partial charge on any atom is 0.183 e. The van der Waals surface area contributed by atoms with E-state index in [9.17, 15) is 0 Å². The molecule has 2 rings (SSSR count). The molecule has 0 fully saturated rings. The fourth-order valence-electron chi connectivity index (χ4n) is 1.22. The van der Waals surface area contributed by atoms with Gasteiger partial charge in [0, 0.05) is 17.3 Å². The van der Waals surface area contributed by atoms with Gasteiger partial charge in [-0.15, -0.1) is 11.3 Å². The van der Waals surface area contributed by atoms with E-state index in [-0.39, 0.29) is 0 Å². The lowest BCUT2D eigenvalue weighted by atomic mass is 10.4. The minimum Gasteiger partial charge on any atom is -0.409 e. The number of halogens is 1. The molecule has 6 heteroatoms. The van der Waals surface area contributed by atoms with Gasteiger partial charge in [-0.3, -0.25) is 0 Å². The summed E-state index contributed by atoms with van der Waals surface area (Å²) in [5, 5.41) is 12.0. The summed E-state index contributed by atoms with van der Waals surface area (Å²) in [6, 6.07) is 5.41. The fraction of sp³-hybridized carbons (Fsp3) is 0.111. The number of hydrogen-bond donors (Lipinski definition) is 1. The maximum atomic E-state index is 8.77. The smallest absolute Gasteiger partial charge is 0.183 e. The van der Waals surface area contributed by atoms with Crippen molar-refractivity contribution in [1.29, 1.82) is 0 Å². The van der Waals surface area contributed by atoms with Gasteiger partial charge in [0.25, 0.3) is 0 Å². The molecule has 0 aliphatic carbocycles. The molecule has 0 spiro atoms. The van der Waals surface area contributed by atoms with Gasteiger partial charge in [0.1, 0.15) is 0 Å². The molecule has 0 aromatic carbocycles. The van der Waals surface area contributed by atoms with Crippen molar-refractivity contribution in [3.8, 4) is 0 Å². The first-order valence-electron chi connectivity index (χ1n) is 4.23. The first-order valence-corrected chi connectivity index (χ1v) is 5.43. The molecule has 15 heavy (non-hydrogen) atoms. The van der Waals surface area contributed by atoms with Crippen molar-refractivity contribution >= 4 is 22.9 Å². The van der Waals surface area contributed by atoms with E-state index in [1.807, 2.05) is 22.9 Å². The third kappa shape index (κ3) is 2.37. The van der Waals surface area contributed by atoms with Crippen molar-refractivity contribution in [2.75, 3.05) is 0 Å². The Labute approximate surface area is 95.1 Å². The molecule has 4 nitrogen and oxygen atoms in total. The van der Waals surface area contributed by atoms with Crippen LogP contribution in [0.25, 0.3) is 0 Å². The first-order chi connectivity index (χ1) is 7.29. The zero-order valence-electron chi connectivity index (χ0n) is 7.67. The molecule has 0 atom stereocenters. The molecule has 2 aromatic heterocycles. The monoisotopic (exact) mass is 241 g/mol. The highest BCUT2D eigenvalue weighted by molar-refractivity contribution is 7.15. The van der Waals surface area contributed by atoms with E-state index in [1.54, 1.807) is 12.3 Å². The Balaban J connectivity index is 2.32. The van der Waals surface area contributed by atoms with Crippen LogP contribution >= 0.6 is 22.9 Å². The van der Waals surface area contributed by atoms with Crippen LogP contribution in [0.3, 0.4) is 0 Å². The van der Waals surface area contributed by atoms with Crippen molar-refractivity contribution in [3.05, 3.63) is 45.4 Å². The summed E-state index contributed by atoms with van der Waals surface area (Å²) < 4.78 is 2.33. The average Bonchev–Trinajstić information content (AvgIpc) is 2.65. The van der Waals surface area contributed by atoms with Crippen molar-refractivity contribution < 1.29 is 5.21 Å². The molecule has 0 saturated heterocycles. The molecule has 2 aromatic rings. The van der Waals surface area contributed by atoms with Crippen LogP contribution in [0.15, 0.2) is 35.7 Å². The van der Waals surface area contributed by atoms with Gasteiger partial charge in [0.15, 0.2) is 9.95 Å². The Kier molecular flexibility index (Phi) is 3.03. The number of rotatable bonds is 2. The van der Waals surface area contributed by atoms with Crippen molar-refractivity contribution in [2.24, 2.45) is 5.16 Å². The minimum atomic E-state index is 0.502. The summed E-state index contributed by atoms with van der Waals surface area (Å²) in [5.41, 5.74) is 0.502. The van der Waals surface area contributed by atoms with Gasteiger partial charge in [-0.25, -0.2) is 4.98 Å². The molecule has 0 aliphatic rings. The van der Waals surface area contributed by atoms with E-state index in [0.717, 1.165) is 4.88 Å². The SMILES string of the molecule is O/N=c1\ccccn1Cc1cnc(Cl)s1. The van der Waals surface area contributed by atoms with Crippen LogP contribution in [-0.2, 0) is 6.54 Å². The molecule has 0 unspecified atom stereocenters. The molecule has 2 heterocycles. The van der Waals surface area contributed by atoms with Crippen molar-refractivity contribution in [1.82, 2.24) is 9.55 Å². The summed E-state index contributed by atoms with van der Waals surface area (Å²) in [6.07, 6.45) is 3.55. The summed E-state index contributed by atoms with van der Waals surface area (Å²) in [5.74, 6) is 0. The van der Waals surface area contributed by atoms with Crippen LogP contribution in [0.2, 0.25) is 4.47 Å². The molecule has 1 N–H and O–H groups in total. The lowest BCUT2D eigenvalue weighted by molar-refractivity contribution is 0.294. The highest BCUT2D eigenvalue weighted by Crippen LogP contribution is 2.17. The quantitative estimate of drug-likeness (QED) is 0.645. The average molecular weight is 242 g/mol. The number of nitrogens with zero attached hydrogens (tertiary/aromatic N) is 3. The summed E-state index contributed by atoms with van der Waals surface area (Å²) in [6.45, 7) is 0.602. The van der Waals surface area contributed by atoms with Crippen LogP contribution in [0.4, 0.5) is 0 Å². The summed E-state index contributed by atoms with van der Waals surface area (Å²) in [7, 11) is 0. The minimum absolute atomic E-state index is 0.502. The van der Waals surface area contributed by atoms with E-state index in [0.29, 0.717) is 16.5 Å². The zero-order valence-corrected chi connectivity index (χ0v) is 9.24. The van der Waals surface area contributed by atoms with Crippen LogP contribution in [0.1, 0.15) is 4.88 Å². The van der Waals surface area contributed by atoms with Crippen LogP contribution in [0.5, 0.6) is 0 Å². The van der Waals surface area contributed by atoms with E-state index in [2.05, 4.69) is 10.1 Å². The number of hydrogen-bond acceptors (Lipinski definition) is 4. The Morgan fingerprint density at radius 2 is 2.40 bits per heavy atom. The summed E-state index contributed by atoms with van der Waals surface area (Å²) >= 11 is 7.14. The Bertz CT molecular complexity index is 520. The number of pyridine rings is 1. The van der Waals surface area contributed by atoms with Gasteiger partial charge in [-0.1, -0.05) is 22.8 Å². The molecule has 0 amide bonds. The molecule has 0 bridgehead atoms. The number of aromatic nitrogens is 2. The first kappa shape index (κ1) is 10.2. The third-order valence-corrected chi connectivity index (χ3v) is 2.97. The van der Waals surface area contributed by atoms with Crippen molar-refractivity contribution in [3.63, 3.8) is 0 Å². The second kappa shape index (κ2) is 4.46. The van der Waals surface area contributed by atoms with E-state index < -0.39 is 0 Å². The molecular formula is C9H8ClN3OS. The molecule has 0 radical (unpaired) electrons. The maximum absolute atomic E-state index is 8.77. The normalized spacial score (nSPS) is 11.9. The third-order valence-electron chi connectivity index (χ3n) is 1.87. The predicted molar refractivity (Wildman–Crippen MR) is 58.0 cm³/mol. The Morgan fingerprint density at radius 1 is 1.53 bits per heavy atom. The van der Waals surface area contributed by atoms with Crippen LogP contribution in [0, 0.1) is 0 Å². The van der Waals surface area contributed by atoms with Crippen molar-refractivity contribution in [2.45, 2.75) is 6.54 Å². The van der Waals surface area contributed by atoms with E-state index in [1.165, 1.54) is 11.3 Å². The standard InChI is InChI=1S/C9H8ClN3OS/c10-9-11-5-7(15-9)6-13-4-2-1-3-8(13)12-14/h1-5,14H,6H2/b12-8+. The lowest BCUT2D eigenvalue weighted by Crippen LogP contribution is -2.19. The van der Waals surface area contributed by atoms with Gasteiger partial charge < -0.3 is 9.77 Å². The predicted octanol–water partition coefficient (Wildman–Crippen LogP) is 1.94. The molecule has 78 valence electrons. The van der Waals surface area contributed by atoms with Crippen LogP contribution < -0.4 is 5.49 Å². The lowest BCUT2D eigenvalue weighted by Gasteiger charge is -2.02. The van der Waals surface area contributed by atoms with E-state index >= 15 is 0 Å². The highest BCUT2D eigenvalue weighted by Gasteiger charge is 2.00. The van der Waals surface area contributed by atoms with Crippen LogP contribution in [-0.4, -0.2) is 14.8 Å².